The molecule has 3 N–H and O–H groups in total. The molecule has 186 valence electrons. The van der Waals surface area contributed by atoms with E-state index in [1.54, 1.807) is 24.3 Å². The van der Waals surface area contributed by atoms with Gasteiger partial charge in [-0.15, -0.1) is 0 Å². The normalized spacial score (nSPS) is 30.4. The molecule has 0 radical (unpaired) electrons. The number of nitrogens with one attached hydrogen (secondary N) is 2. The van der Waals surface area contributed by atoms with Crippen molar-refractivity contribution in [1.82, 2.24) is 10.2 Å². The average molecular weight is 474 g/mol. The first-order valence-electron chi connectivity index (χ1n) is 12.2. The van der Waals surface area contributed by atoms with Gasteiger partial charge >= 0.3 is 0 Å². The summed E-state index contributed by atoms with van der Waals surface area (Å²) >= 11 is 0. The molecular weight excluding hydrogens is 438 g/mol. The minimum absolute atomic E-state index is 0.119. The van der Waals surface area contributed by atoms with E-state index in [0.717, 1.165) is 0 Å². The van der Waals surface area contributed by atoms with Crippen LogP contribution in [0, 0.1) is 11.8 Å². The Kier molecular flexibility index (Phi) is 6.87. The van der Waals surface area contributed by atoms with Gasteiger partial charge in [0.25, 0.3) is 0 Å². The Morgan fingerprint density at radius 3 is 2.53 bits per heavy atom. The number of hydrogen-bond donors (Lipinski definition) is 3. The van der Waals surface area contributed by atoms with Crippen LogP contribution in [-0.2, 0) is 19.1 Å². The summed E-state index contributed by atoms with van der Waals surface area (Å²) < 4.78 is 11.8. The lowest BCUT2D eigenvalue weighted by Crippen LogP contribution is -2.58. The first-order chi connectivity index (χ1) is 16.3. The Hall–Kier alpha value is -2.65. The second kappa shape index (κ2) is 9.54. The van der Waals surface area contributed by atoms with Crippen molar-refractivity contribution in [3.05, 3.63) is 24.3 Å². The van der Waals surface area contributed by atoms with Gasteiger partial charge in [-0.25, -0.2) is 0 Å². The van der Waals surface area contributed by atoms with Crippen LogP contribution in [0.1, 0.15) is 47.0 Å². The van der Waals surface area contributed by atoms with Crippen molar-refractivity contribution in [3.8, 4) is 5.75 Å². The first-order valence-corrected chi connectivity index (χ1v) is 12.2. The van der Waals surface area contributed by atoms with Gasteiger partial charge in [0.2, 0.25) is 17.7 Å². The standard InChI is InChI=1S/C25H35N3O6/c1-5-16(13-29)28-21(23(31)26-14(3)4)25-12-11-18(34-25)19(20(25)24(28)32)22(30)27-15-7-9-17(10-8-15)33-6-2/h7-10,14,16,18-21,29H,5-6,11-13H2,1-4H3,(H,26,31)(H,27,30)/t16-,18-,19+,20-,21?,25?/m0/s1. The number of amides is 3. The van der Waals surface area contributed by atoms with Crippen molar-refractivity contribution in [2.24, 2.45) is 11.8 Å². The summed E-state index contributed by atoms with van der Waals surface area (Å²) in [6.07, 6.45) is 1.18. The van der Waals surface area contributed by atoms with E-state index in [1.807, 2.05) is 27.7 Å². The molecule has 3 heterocycles. The van der Waals surface area contributed by atoms with Gasteiger partial charge in [0.05, 0.1) is 37.2 Å². The first kappa shape index (κ1) is 24.5. The van der Waals surface area contributed by atoms with E-state index in [1.165, 1.54) is 4.90 Å². The highest BCUT2D eigenvalue weighted by Gasteiger charge is 2.75. The van der Waals surface area contributed by atoms with Crippen LogP contribution in [-0.4, -0.2) is 70.8 Å². The average Bonchev–Trinajstić information content (AvgIpc) is 3.43. The SMILES string of the molecule is CCOc1ccc(NC(=O)[C@@H]2[C@@H]3CCC4(O3)C(C(=O)NC(C)C)N([C@@H](CC)CO)C(=O)[C@H]24)cc1. The molecule has 3 amide bonds. The molecule has 1 spiro atoms. The highest BCUT2D eigenvalue weighted by atomic mass is 16.5. The number of likely N-dealkylation sites (tertiary alicyclic amines) is 1. The van der Waals surface area contributed by atoms with Crippen molar-refractivity contribution in [2.75, 3.05) is 18.5 Å². The minimum atomic E-state index is -1.07. The molecule has 0 aromatic heterocycles. The Morgan fingerprint density at radius 2 is 1.94 bits per heavy atom. The largest absolute Gasteiger partial charge is 0.494 e. The van der Waals surface area contributed by atoms with Crippen molar-refractivity contribution in [2.45, 2.75) is 76.8 Å². The lowest BCUT2D eigenvalue weighted by atomic mass is 9.70. The quantitative estimate of drug-likeness (QED) is 0.503. The number of fused-ring (bicyclic) bond motifs is 1. The lowest BCUT2D eigenvalue weighted by Gasteiger charge is -2.36. The molecule has 34 heavy (non-hydrogen) atoms. The van der Waals surface area contributed by atoms with Crippen LogP contribution in [0.25, 0.3) is 0 Å². The zero-order valence-electron chi connectivity index (χ0n) is 20.2. The maximum absolute atomic E-state index is 13.8. The Bertz CT molecular complexity index is 931. The van der Waals surface area contributed by atoms with E-state index in [4.69, 9.17) is 9.47 Å². The molecule has 1 aromatic rings. The molecule has 2 bridgehead atoms. The van der Waals surface area contributed by atoms with E-state index in [2.05, 4.69) is 10.6 Å². The third-order valence-corrected chi connectivity index (χ3v) is 7.23. The van der Waals surface area contributed by atoms with Crippen LogP contribution in [0.3, 0.4) is 0 Å². The number of aliphatic hydroxyl groups is 1. The molecule has 4 rings (SSSR count). The van der Waals surface area contributed by atoms with Crippen LogP contribution < -0.4 is 15.4 Å². The van der Waals surface area contributed by atoms with Gasteiger partial charge in [0, 0.05) is 11.7 Å². The van der Waals surface area contributed by atoms with Gasteiger partial charge in [-0.3, -0.25) is 14.4 Å². The molecule has 0 saturated carbocycles. The van der Waals surface area contributed by atoms with E-state index >= 15 is 0 Å². The highest BCUT2D eigenvalue weighted by Crippen LogP contribution is 2.59. The molecule has 6 atom stereocenters. The maximum atomic E-state index is 13.8. The van der Waals surface area contributed by atoms with Crippen LogP contribution in [0.4, 0.5) is 5.69 Å². The van der Waals surface area contributed by atoms with Crippen LogP contribution >= 0.6 is 0 Å². The van der Waals surface area contributed by atoms with Gasteiger partial charge in [-0.1, -0.05) is 6.92 Å². The van der Waals surface area contributed by atoms with Crippen molar-refractivity contribution in [3.63, 3.8) is 0 Å². The maximum Gasteiger partial charge on any atom is 0.246 e. The van der Waals surface area contributed by atoms with E-state index in [-0.39, 0.29) is 30.4 Å². The fourth-order valence-corrected chi connectivity index (χ4v) is 5.89. The molecular formula is C25H35N3O6. The van der Waals surface area contributed by atoms with Crippen molar-refractivity contribution >= 4 is 23.4 Å². The second-order valence-corrected chi connectivity index (χ2v) is 9.66. The van der Waals surface area contributed by atoms with E-state index < -0.39 is 35.6 Å². The van der Waals surface area contributed by atoms with Crippen molar-refractivity contribution in [1.29, 1.82) is 0 Å². The van der Waals surface area contributed by atoms with Gasteiger partial charge in [-0.2, -0.15) is 0 Å². The molecule has 9 nitrogen and oxygen atoms in total. The molecule has 3 aliphatic heterocycles. The summed E-state index contributed by atoms with van der Waals surface area (Å²) in [4.78, 5) is 42.0. The molecule has 9 heteroatoms. The Morgan fingerprint density at radius 1 is 1.24 bits per heavy atom. The Labute approximate surface area is 200 Å². The number of carbonyl (C=O) groups excluding carboxylic acids is 3. The summed E-state index contributed by atoms with van der Waals surface area (Å²) in [6.45, 7) is 7.77. The monoisotopic (exact) mass is 473 g/mol. The van der Waals surface area contributed by atoms with Gasteiger partial charge in [0.15, 0.2) is 0 Å². The fourth-order valence-electron chi connectivity index (χ4n) is 5.89. The number of nitrogens with zero attached hydrogens (tertiary/aromatic N) is 1. The topological polar surface area (TPSA) is 117 Å². The zero-order chi connectivity index (χ0) is 24.6. The van der Waals surface area contributed by atoms with Crippen LogP contribution in [0.15, 0.2) is 24.3 Å². The van der Waals surface area contributed by atoms with Gasteiger partial charge in [-0.05, 0) is 64.3 Å². The summed E-state index contributed by atoms with van der Waals surface area (Å²) in [6, 6.07) is 5.55. The third-order valence-electron chi connectivity index (χ3n) is 7.23. The van der Waals surface area contributed by atoms with E-state index in [9.17, 15) is 19.5 Å². The minimum Gasteiger partial charge on any atom is -0.494 e. The highest BCUT2D eigenvalue weighted by molar-refractivity contribution is 6.02. The summed E-state index contributed by atoms with van der Waals surface area (Å²) in [5.74, 6) is -1.65. The molecule has 0 aliphatic carbocycles. The molecule has 3 saturated heterocycles. The van der Waals surface area contributed by atoms with E-state index in [0.29, 0.717) is 37.3 Å². The molecule has 1 aromatic carbocycles. The predicted molar refractivity (Wildman–Crippen MR) is 125 cm³/mol. The number of benzene rings is 1. The number of rotatable bonds is 9. The summed E-state index contributed by atoms with van der Waals surface area (Å²) in [7, 11) is 0. The lowest BCUT2D eigenvalue weighted by molar-refractivity contribution is -0.145. The number of aliphatic hydroxyl groups excluding tert-OH is 1. The third kappa shape index (κ3) is 3.94. The molecule has 2 unspecified atom stereocenters. The number of anilines is 1. The molecule has 3 aliphatic rings. The smallest absolute Gasteiger partial charge is 0.246 e. The molecule has 3 fully saturated rings. The fraction of sp³-hybridized carbons (Fsp3) is 0.640. The van der Waals surface area contributed by atoms with Crippen LogP contribution in [0.5, 0.6) is 5.75 Å². The number of ether oxygens (including phenoxy) is 2. The summed E-state index contributed by atoms with van der Waals surface area (Å²) in [5, 5.41) is 15.8. The predicted octanol–water partition coefficient (Wildman–Crippen LogP) is 1.69. The van der Waals surface area contributed by atoms with Crippen LogP contribution in [0.2, 0.25) is 0 Å². The van der Waals surface area contributed by atoms with Crippen molar-refractivity contribution < 1.29 is 29.0 Å². The zero-order valence-corrected chi connectivity index (χ0v) is 20.2. The number of carbonyl (C=O) groups is 3. The van der Waals surface area contributed by atoms with Gasteiger partial charge in [0.1, 0.15) is 17.4 Å². The number of hydrogen-bond acceptors (Lipinski definition) is 6. The Balaban J connectivity index is 1.64. The second-order valence-electron chi connectivity index (χ2n) is 9.66. The van der Waals surface area contributed by atoms with Gasteiger partial charge < -0.3 is 30.1 Å². The summed E-state index contributed by atoms with van der Waals surface area (Å²) in [5.41, 5.74) is -0.465.